The van der Waals surface area contributed by atoms with Crippen molar-refractivity contribution >= 4 is 17.4 Å². The van der Waals surface area contributed by atoms with Gasteiger partial charge in [-0.2, -0.15) is 0 Å². The first-order valence-electron chi connectivity index (χ1n) is 9.99. The molecule has 1 unspecified atom stereocenters. The van der Waals surface area contributed by atoms with Gasteiger partial charge >= 0.3 is 0 Å². The number of hydrogen-bond acceptors (Lipinski definition) is 6. The SMILES string of the molecule is CCCCOc1cccc(/C(O)=C2\C(=O)C(=O)N(CCOC)C2c2ccncc2)c1. The lowest BCUT2D eigenvalue weighted by atomic mass is 9.96. The second kappa shape index (κ2) is 10.0. The summed E-state index contributed by atoms with van der Waals surface area (Å²) in [5.74, 6) is -1.01. The number of aliphatic hydroxyl groups excluding tert-OH is 1. The number of pyridine rings is 1. The highest BCUT2D eigenvalue weighted by atomic mass is 16.5. The first-order chi connectivity index (χ1) is 14.6. The summed E-state index contributed by atoms with van der Waals surface area (Å²) in [6.45, 7) is 3.15. The van der Waals surface area contributed by atoms with Gasteiger partial charge in [-0.25, -0.2) is 0 Å². The molecule has 0 aliphatic carbocycles. The molecule has 1 aliphatic rings. The normalized spacial score (nSPS) is 18.1. The van der Waals surface area contributed by atoms with Crippen LogP contribution in [-0.2, 0) is 14.3 Å². The number of nitrogens with zero attached hydrogens (tertiary/aromatic N) is 2. The molecule has 0 spiro atoms. The lowest BCUT2D eigenvalue weighted by Gasteiger charge is -2.24. The fourth-order valence-corrected chi connectivity index (χ4v) is 3.42. The van der Waals surface area contributed by atoms with Crippen molar-refractivity contribution in [1.82, 2.24) is 9.88 Å². The highest BCUT2D eigenvalue weighted by Crippen LogP contribution is 2.39. The van der Waals surface area contributed by atoms with Crippen LogP contribution in [-0.4, -0.2) is 53.5 Å². The molecule has 1 aromatic heterocycles. The molecule has 2 heterocycles. The number of rotatable bonds is 9. The molecule has 1 N–H and O–H groups in total. The molecule has 1 aromatic carbocycles. The predicted octanol–water partition coefficient (Wildman–Crippen LogP) is 3.33. The van der Waals surface area contributed by atoms with Gasteiger partial charge in [-0.15, -0.1) is 0 Å². The summed E-state index contributed by atoms with van der Waals surface area (Å²) < 4.78 is 10.8. The number of hydrogen-bond donors (Lipinski definition) is 1. The van der Waals surface area contributed by atoms with E-state index in [9.17, 15) is 14.7 Å². The molecule has 7 heteroatoms. The number of aromatic nitrogens is 1. The molecule has 0 bridgehead atoms. The Morgan fingerprint density at radius 2 is 1.93 bits per heavy atom. The quantitative estimate of drug-likeness (QED) is 0.295. The second-order valence-corrected chi connectivity index (χ2v) is 7.00. The minimum Gasteiger partial charge on any atom is -0.507 e. The molecule has 7 nitrogen and oxygen atoms in total. The summed E-state index contributed by atoms with van der Waals surface area (Å²) in [4.78, 5) is 31.0. The molecule has 30 heavy (non-hydrogen) atoms. The molecule has 3 rings (SSSR count). The van der Waals surface area contributed by atoms with Crippen molar-refractivity contribution in [2.75, 3.05) is 26.9 Å². The van der Waals surface area contributed by atoms with Gasteiger partial charge in [0.05, 0.1) is 24.8 Å². The predicted molar refractivity (Wildman–Crippen MR) is 112 cm³/mol. The van der Waals surface area contributed by atoms with Crippen molar-refractivity contribution < 1.29 is 24.2 Å². The summed E-state index contributed by atoms with van der Waals surface area (Å²) >= 11 is 0. The largest absolute Gasteiger partial charge is 0.507 e. The zero-order valence-corrected chi connectivity index (χ0v) is 17.2. The van der Waals surface area contributed by atoms with Gasteiger partial charge in [-0.3, -0.25) is 14.6 Å². The topological polar surface area (TPSA) is 89.0 Å². The fraction of sp³-hybridized carbons (Fsp3) is 0.348. The Morgan fingerprint density at radius 3 is 2.63 bits per heavy atom. The average Bonchev–Trinajstić information content (AvgIpc) is 3.03. The Labute approximate surface area is 175 Å². The standard InChI is InChI=1S/C23H26N2O5/c1-3-4-13-30-18-7-5-6-17(15-18)21(26)19-20(16-8-10-24-11-9-16)25(12-14-29-2)23(28)22(19)27/h5-11,15,20,26H,3-4,12-14H2,1-2H3/b21-19+. The molecule has 0 radical (unpaired) electrons. The van der Waals surface area contributed by atoms with Crippen molar-refractivity contribution in [2.45, 2.75) is 25.8 Å². The third-order valence-electron chi connectivity index (χ3n) is 4.97. The summed E-state index contributed by atoms with van der Waals surface area (Å²) in [5, 5.41) is 11.1. The molecule has 158 valence electrons. The van der Waals surface area contributed by atoms with Gasteiger partial charge in [0.15, 0.2) is 0 Å². The third-order valence-corrected chi connectivity index (χ3v) is 4.97. The summed E-state index contributed by atoms with van der Waals surface area (Å²) in [6, 6.07) is 9.66. The third kappa shape index (κ3) is 4.52. The number of amides is 1. The van der Waals surface area contributed by atoms with Crippen LogP contribution >= 0.6 is 0 Å². The maximum Gasteiger partial charge on any atom is 0.295 e. The van der Waals surface area contributed by atoms with E-state index < -0.39 is 17.7 Å². The number of methoxy groups -OCH3 is 1. The number of likely N-dealkylation sites (tertiary alicyclic amines) is 1. The van der Waals surface area contributed by atoms with E-state index in [-0.39, 0.29) is 24.5 Å². The van der Waals surface area contributed by atoms with E-state index >= 15 is 0 Å². The summed E-state index contributed by atoms with van der Waals surface area (Å²) in [5.41, 5.74) is 1.16. The van der Waals surface area contributed by atoms with E-state index in [0.29, 0.717) is 23.5 Å². The molecule has 1 aliphatic heterocycles. The van der Waals surface area contributed by atoms with Crippen LogP contribution < -0.4 is 4.74 Å². The summed E-state index contributed by atoms with van der Waals surface area (Å²) in [7, 11) is 1.53. The van der Waals surface area contributed by atoms with Gasteiger partial charge in [0, 0.05) is 31.6 Å². The molecular formula is C23H26N2O5. The molecule has 1 amide bonds. The zero-order chi connectivity index (χ0) is 21.5. The average molecular weight is 410 g/mol. The first kappa shape index (κ1) is 21.5. The van der Waals surface area contributed by atoms with Gasteiger partial charge < -0.3 is 19.5 Å². The first-order valence-corrected chi connectivity index (χ1v) is 9.99. The zero-order valence-electron chi connectivity index (χ0n) is 17.2. The van der Waals surface area contributed by atoms with Gasteiger partial charge in [0.25, 0.3) is 11.7 Å². The highest BCUT2D eigenvalue weighted by molar-refractivity contribution is 6.46. The Hall–Kier alpha value is -3.19. The number of carbonyl (C=O) groups excluding carboxylic acids is 2. The van der Waals surface area contributed by atoms with Crippen molar-refractivity contribution in [3.05, 3.63) is 65.5 Å². The maximum absolute atomic E-state index is 12.9. The Balaban J connectivity index is 2.04. The van der Waals surface area contributed by atoms with Crippen molar-refractivity contribution in [3.8, 4) is 5.75 Å². The number of unbranched alkanes of at least 4 members (excludes halogenated alkanes) is 1. The van der Waals surface area contributed by atoms with E-state index in [1.165, 1.54) is 12.0 Å². The van der Waals surface area contributed by atoms with Gasteiger partial charge in [-0.05, 0) is 36.2 Å². The van der Waals surface area contributed by atoms with E-state index in [0.717, 1.165) is 12.8 Å². The van der Waals surface area contributed by atoms with E-state index in [1.807, 2.05) is 0 Å². The van der Waals surface area contributed by atoms with E-state index in [2.05, 4.69) is 11.9 Å². The smallest absolute Gasteiger partial charge is 0.295 e. The van der Waals surface area contributed by atoms with Crippen LogP contribution in [0.5, 0.6) is 5.75 Å². The van der Waals surface area contributed by atoms with Crippen molar-refractivity contribution in [2.24, 2.45) is 0 Å². The summed E-state index contributed by atoms with van der Waals surface area (Å²) in [6.07, 6.45) is 5.11. The van der Waals surface area contributed by atoms with Crippen molar-refractivity contribution in [1.29, 1.82) is 0 Å². The highest BCUT2D eigenvalue weighted by Gasteiger charge is 2.45. The lowest BCUT2D eigenvalue weighted by Crippen LogP contribution is -2.32. The Morgan fingerprint density at radius 1 is 1.17 bits per heavy atom. The number of aliphatic hydroxyl groups is 1. The van der Waals surface area contributed by atoms with Gasteiger partial charge in [0.1, 0.15) is 11.5 Å². The van der Waals surface area contributed by atoms with E-state index in [1.54, 1.807) is 48.8 Å². The molecule has 2 aromatic rings. The fourth-order valence-electron chi connectivity index (χ4n) is 3.42. The van der Waals surface area contributed by atoms with Gasteiger partial charge in [0.2, 0.25) is 0 Å². The number of Topliss-reactive ketones (excluding diaryl/α,β-unsaturated/α-hetero) is 1. The minimum atomic E-state index is -0.720. The Bertz CT molecular complexity index is 926. The van der Waals surface area contributed by atoms with Crippen LogP contribution in [0.3, 0.4) is 0 Å². The number of ether oxygens (including phenoxy) is 2. The molecule has 0 saturated carbocycles. The van der Waals surface area contributed by atoms with Crippen LogP contribution in [0.4, 0.5) is 0 Å². The number of benzene rings is 1. The Kier molecular flexibility index (Phi) is 7.19. The van der Waals surface area contributed by atoms with Crippen LogP contribution in [0.15, 0.2) is 54.4 Å². The number of ketones is 1. The number of carbonyl (C=O) groups is 2. The second-order valence-electron chi connectivity index (χ2n) is 7.00. The monoisotopic (exact) mass is 410 g/mol. The molecule has 1 atom stereocenters. The van der Waals surface area contributed by atoms with Crippen LogP contribution in [0.1, 0.15) is 36.9 Å². The van der Waals surface area contributed by atoms with E-state index in [4.69, 9.17) is 9.47 Å². The molecule has 1 fully saturated rings. The molecular weight excluding hydrogens is 384 g/mol. The lowest BCUT2D eigenvalue weighted by molar-refractivity contribution is -0.140. The van der Waals surface area contributed by atoms with Crippen LogP contribution in [0.25, 0.3) is 5.76 Å². The maximum atomic E-state index is 12.9. The van der Waals surface area contributed by atoms with Crippen LogP contribution in [0, 0.1) is 0 Å². The minimum absolute atomic E-state index is 0.0491. The van der Waals surface area contributed by atoms with Crippen LogP contribution in [0.2, 0.25) is 0 Å². The van der Waals surface area contributed by atoms with Gasteiger partial charge in [-0.1, -0.05) is 25.5 Å². The molecule has 1 saturated heterocycles. The van der Waals surface area contributed by atoms with Crippen molar-refractivity contribution in [3.63, 3.8) is 0 Å².